The van der Waals surface area contributed by atoms with Crippen LogP contribution >= 0.6 is 0 Å². The Labute approximate surface area is 175 Å². The van der Waals surface area contributed by atoms with Crippen LogP contribution in [0.4, 0.5) is 5.69 Å². The van der Waals surface area contributed by atoms with Crippen LogP contribution in [0, 0.1) is 5.92 Å². The Morgan fingerprint density at radius 1 is 1.10 bits per heavy atom. The maximum atomic E-state index is 12.8. The van der Waals surface area contributed by atoms with Gasteiger partial charge in [-0.3, -0.25) is 19.7 Å². The number of aromatic amines is 1. The summed E-state index contributed by atoms with van der Waals surface area (Å²) < 4.78 is 0. The normalized spacial score (nSPS) is 14.5. The van der Waals surface area contributed by atoms with Gasteiger partial charge in [-0.05, 0) is 55.2 Å². The molecule has 0 atom stereocenters. The van der Waals surface area contributed by atoms with E-state index in [2.05, 4.69) is 27.4 Å². The van der Waals surface area contributed by atoms with E-state index in [1.165, 1.54) is 5.56 Å². The molecular weight excluding hydrogens is 378 g/mol. The van der Waals surface area contributed by atoms with Gasteiger partial charge in [0.15, 0.2) is 0 Å². The molecule has 2 amide bonds. The van der Waals surface area contributed by atoms with Gasteiger partial charge in [-0.25, -0.2) is 0 Å². The first-order valence-electron chi connectivity index (χ1n) is 10.3. The van der Waals surface area contributed by atoms with Crippen molar-refractivity contribution < 1.29 is 9.59 Å². The van der Waals surface area contributed by atoms with Crippen LogP contribution in [0.1, 0.15) is 35.8 Å². The Bertz CT molecular complexity index is 1010. The SMILES string of the molecule is CCc1ccc(NC(=O)C2CCN(C(=O)c3cc(-c4ccccn4)n[nH]3)CC2)cc1. The number of nitrogens with zero attached hydrogens (tertiary/aromatic N) is 3. The number of aromatic nitrogens is 3. The Morgan fingerprint density at radius 2 is 1.87 bits per heavy atom. The van der Waals surface area contributed by atoms with Gasteiger partial charge in [0, 0.05) is 30.9 Å². The van der Waals surface area contributed by atoms with Crippen molar-refractivity contribution in [2.75, 3.05) is 18.4 Å². The highest BCUT2D eigenvalue weighted by Crippen LogP contribution is 2.22. The lowest BCUT2D eigenvalue weighted by molar-refractivity contribution is -0.121. The van der Waals surface area contributed by atoms with Crippen molar-refractivity contribution in [2.24, 2.45) is 5.92 Å². The summed E-state index contributed by atoms with van der Waals surface area (Å²) in [7, 11) is 0. The van der Waals surface area contributed by atoms with Crippen molar-refractivity contribution in [1.82, 2.24) is 20.1 Å². The second-order valence-corrected chi connectivity index (χ2v) is 7.49. The fourth-order valence-corrected chi connectivity index (χ4v) is 3.66. The molecule has 2 aromatic heterocycles. The number of benzene rings is 1. The molecule has 1 fully saturated rings. The van der Waals surface area contributed by atoms with Crippen LogP contribution in [0.2, 0.25) is 0 Å². The summed E-state index contributed by atoms with van der Waals surface area (Å²) in [6.07, 6.45) is 3.96. The predicted molar refractivity (Wildman–Crippen MR) is 115 cm³/mol. The van der Waals surface area contributed by atoms with Gasteiger partial charge in [0.1, 0.15) is 11.4 Å². The highest BCUT2D eigenvalue weighted by Gasteiger charge is 2.28. The Balaban J connectivity index is 1.32. The molecule has 7 nitrogen and oxygen atoms in total. The maximum Gasteiger partial charge on any atom is 0.271 e. The summed E-state index contributed by atoms with van der Waals surface area (Å²) >= 11 is 0. The molecule has 3 aromatic rings. The molecule has 0 spiro atoms. The molecule has 1 aromatic carbocycles. The lowest BCUT2D eigenvalue weighted by atomic mass is 9.95. The van der Waals surface area contributed by atoms with E-state index in [1.54, 1.807) is 17.2 Å². The zero-order chi connectivity index (χ0) is 20.9. The number of likely N-dealkylation sites (tertiary alicyclic amines) is 1. The van der Waals surface area contributed by atoms with Gasteiger partial charge in [-0.15, -0.1) is 0 Å². The van der Waals surface area contributed by atoms with Gasteiger partial charge in [-0.2, -0.15) is 5.10 Å². The number of aryl methyl sites for hydroxylation is 1. The number of carbonyl (C=O) groups excluding carboxylic acids is 2. The van der Waals surface area contributed by atoms with E-state index < -0.39 is 0 Å². The van der Waals surface area contributed by atoms with Gasteiger partial charge in [0.05, 0.1) is 5.69 Å². The first kappa shape index (κ1) is 19.8. The van der Waals surface area contributed by atoms with E-state index in [0.717, 1.165) is 17.8 Å². The molecule has 7 heteroatoms. The topological polar surface area (TPSA) is 91.0 Å². The second-order valence-electron chi connectivity index (χ2n) is 7.49. The third-order valence-corrected chi connectivity index (χ3v) is 5.52. The highest BCUT2D eigenvalue weighted by molar-refractivity contribution is 5.94. The predicted octanol–water partition coefficient (Wildman–Crippen LogP) is 3.53. The monoisotopic (exact) mass is 403 g/mol. The number of piperidine rings is 1. The van der Waals surface area contributed by atoms with E-state index in [1.807, 2.05) is 42.5 Å². The summed E-state index contributed by atoms with van der Waals surface area (Å²) in [5.74, 6) is -0.172. The molecule has 0 bridgehead atoms. The molecule has 3 heterocycles. The number of hydrogen-bond acceptors (Lipinski definition) is 4. The van der Waals surface area contributed by atoms with Crippen LogP contribution in [0.25, 0.3) is 11.4 Å². The van der Waals surface area contributed by atoms with E-state index >= 15 is 0 Å². The number of hydrogen-bond donors (Lipinski definition) is 2. The zero-order valence-electron chi connectivity index (χ0n) is 17.0. The maximum absolute atomic E-state index is 12.8. The number of rotatable bonds is 5. The molecule has 1 saturated heterocycles. The van der Waals surface area contributed by atoms with Gasteiger partial charge < -0.3 is 10.2 Å². The molecule has 0 unspecified atom stereocenters. The van der Waals surface area contributed by atoms with E-state index in [0.29, 0.717) is 37.3 Å². The van der Waals surface area contributed by atoms with Crippen molar-refractivity contribution in [3.05, 3.63) is 66.0 Å². The molecule has 4 rings (SSSR count). The van der Waals surface area contributed by atoms with Crippen LogP contribution in [0.5, 0.6) is 0 Å². The summed E-state index contributed by atoms with van der Waals surface area (Å²) in [4.78, 5) is 31.4. The lowest BCUT2D eigenvalue weighted by Crippen LogP contribution is -2.41. The van der Waals surface area contributed by atoms with Crippen molar-refractivity contribution in [1.29, 1.82) is 0 Å². The first-order valence-corrected chi connectivity index (χ1v) is 10.3. The minimum atomic E-state index is -0.0984. The number of anilines is 1. The van der Waals surface area contributed by atoms with E-state index in [4.69, 9.17) is 0 Å². The molecule has 0 saturated carbocycles. The Kier molecular flexibility index (Phi) is 5.88. The van der Waals surface area contributed by atoms with Crippen molar-refractivity contribution >= 4 is 17.5 Å². The summed E-state index contributed by atoms with van der Waals surface area (Å²) in [5, 5.41) is 10.0. The molecule has 0 radical (unpaired) electrons. The smallest absolute Gasteiger partial charge is 0.271 e. The average Bonchev–Trinajstić information content (AvgIpc) is 3.30. The lowest BCUT2D eigenvalue weighted by Gasteiger charge is -2.31. The van der Waals surface area contributed by atoms with Crippen LogP contribution in [-0.4, -0.2) is 45.0 Å². The summed E-state index contributed by atoms with van der Waals surface area (Å²) in [6.45, 7) is 3.19. The van der Waals surface area contributed by atoms with Crippen LogP contribution in [0.15, 0.2) is 54.7 Å². The first-order chi connectivity index (χ1) is 14.6. The Hall–Kier alpha value is -3.48. The number of nitrogens with one attached hydrogen (secondary N) is 2. The molecule has 1 aliphatic heterocycles. The van der Waals surface area contributed by atoms with Crippen LogP contribution < -0.4 is 5.32 Å². The fraction of sp³-hybridized carbons (Fsp3) is 0.304. The average molecular weight is 403 g/mol. The Morgan fingerprint density at radius 3 is 2.53 bits per heavy atom. The molecule has 1 aliphatic rings. The number of amides is 2. The van der Waals surface area contributed by atoms with Gasteiger partial charge in [0.2, 0.25) is 5.91 Å². The van der Waals surface area contributed by atoms with Crippen LogP contribution in [0.3, 0.4) is 0 Å². The van der Waals surface area contributed by atoms with E-state index in [9.17, 15) is 9.59 Å². The van der Waals surface area contributed by atoms with Crippen molar-refractivity contribution in [2.45, 2.75) is 26.2 Å². The van der Waals surface area contributed by atoms with Gasteiger partial charge in [-0.1, -0.05) is 25.1 Å². The van der Waals surface area contributed by atoms with Gasteiger partial charge >= 0.3 is 0 Å². The fourth-order valence-electron chi connectivity index (χ4n) is 3.66. The summed E-state index contributed by atoms with van der Waals surface area (Å²) in [5.41, 5.74) is 3.85. The second kappa shape index (κ2) is 8.90. The molecule has 2 N–H and O–H groups in total. The third-order valence-electron chi connectivity index (χ3n) is 5.52. The van der Waals surface area contributed by atoms with E-state index in [-0.39, 0.29) is 17.7 Å². The minimum absolute atomic E-state index is 0.0188. The zero-order valence-corrected chi connectivity index (χ0v) is 17.0. The van der Waals surface area contributed by atoms with Gasteiger partial charge in [0.25, 0.3) is 5.91 Å². The largest absolute Gasteiger partial charge is 0.337 e. The molecule has 154 valence electrons. The molecular formula is C23H25N5O2. The van der Waals surface area contributed by atoms with Crippen molar-refractivity contribution in [3.63, 3.8) is 0 Å². The third kappa shape index (κ3) is 4.40. The quantitative estimate of drug-likeness (QED) is 0.682. The summed E-state index contributed by atoms with van der Waals surface area (Å²) in [6, 6.07) is 15.2. The highest BCUT2D eigenvalue weighted by atomic mass is 16.2. The number of H-pyrrole nitrogens is 1. The van der Waals surface area contributed by atoms with Crippen molar-refractivity contribution in [3.8, 4) is 11.4 Å². The number of pyridine rings is 1. The standard InChI is InChI=1S/C23H25N5O2/c1-2-16-6-8-18(9-7-16)25-22(29)17-10-13-28(14-11-17)23(30)21-15-20(26-27-21)19-5-3-4-12-24-19/h3-9,12,15,17H,2,10-11,13-14H2,1H3,(H,25,29)(H,26,27). The van der Waals surface area contributed by atoms with Crippen LogP contribution in [-0.2, 0) is 11.2 Å². The number of carbonyl (C=O) groups is 2. The minimum Gasteiger partial charge on any atom is -0.337 e. The molecule has 0 aliphatic carbocycles. The molecule has 30 heavy (non-hydrogen) atoms.